The molecule has 132 valence electrons. The van der Waals surface area contributed by atoms with Crippen LogP contribution in [0.4, 0.5) is 5.82 Å². The molecule has 0 atom stereocenters. The number of nitrogens with one attached hydrogen (secondary N) is 1. The van der Waals surface area contributed by atoms with Gasteiger partial charge in [0.15, 0.2) is 0 Å². The van der Waals surface area contributed by atoms with Crippen molar-refractivity contribution in [1.29, 1.82) is 0 Å². The van der Waals surface area contributed by atoms with Gasteiger partial charge in [0, 0.05) is 38.9 Å². The summed E-state index contributed by atoms with van der Waals surface area (Å²) >= 11 is 0. The van der Waals surface area contributed by atoms with Crippen molar-refractivity contribution in [1.82, 2.24) is 15.2 Å². The van der Waals surface area contributed by atoms with E-state index in [4.69, 9.17) is 0 Å². The van der Waals surface area contributed by atoms with Gasteiger partial charge in [-0.2, -0.15) is 0 Å². The number of pyridine rings is 1. The molecule has 2 aromatic rings. The number of phenolic OH excluding ortho intramolecular Hbond substituents is 1. The normalized spacial score (nSPS) is 15.2. The number of phenols is 1. The van der Waals surface area contributed by atoms with E-state index in [0.717, 1.165) is 43.1 Å². The highest BCUT2D eigenvalue weighted by atomic mass is 16.3. The second-order valence-corrected chi connectivity index (χ2v) is 6.52. The molecule has 1 fully saturated rings. The van der Waals surface area contributed by atoms with Crippen LogP contribution >= 0.6 is 0 Å². The summed E-state index contributed by atoms with van der Waals surface area (Å²) in [6, 6.07) is 9.00. The fourth-order valence-electron chi connectivity index (χ4n) is 2.86. The first-order valence-electron chi connectivity index (χ1n) is 8.49. The van der Waals surface area contributed by atoms with Gasteiger partial charge in [-0.3, -0.25) is 4.79 Å². The Kier molecular flexibility index (Phi) is 5.19. The molecule has 3 rings (SSSR count). The highest BCUT2D eigenvalue weighted by Gasteiger charge is 2.15. The summed E-state index contributed by atoms with van der Waals surface area (Å²) in [4.78, 5) is 21.3. The highest BCUT2D eigenvalue weighted by Crippen LogP contribution is 2.18. The zero-order valence-corrected chi connectivity index (χ0v) is 14.7. The zero-order valence-electron chi connectivity index (χ0n) is 14.7. The van der Waals surface area contributed by atoms with Crippen LogP contribution in [0.1, 0.15) is 21.5 Å². The van der Waals surface area contributed by atoms with Gasteiger partial charge in [0.1, 0.15) is 11.6 Å². The second-order valence-electron chi connectivity index (χ2n) is 6.52. The quantitative estimate of drug-likeness (QED) is 0.888. The zero-order chi connectivity index (χ0) is 17.8. The number of carbonyl (C=O) groups excluding carboxylic acids is 1. The van der Waals surface area contributed by atoms with E-state index in [1.807, 2.05) is 19.1 Å². The minimum Gasteiger partial charge on any atom is -0.507 e. The standard InChI is InChI=1S/C19H24N4O2/c1-14-3-5-16(17(24)11-14)19(25)21-13-15-4-6-18(20-12-15)23-9-7-22(2)8-10-23/h3-6,11-12,24H,7-10,13H2,1-2H3,(H,21,25). The Hall–Kier alpha value is -2.60. The van der Waals surface area contributed by atoms with Crippen LogP contribution in [-0.4, -0.2) is 54.1 Å². The van der Waals surface area contributed by atoms with Crippen molar-refractivity contribution in [3.8, 4) is 5.75 Å². The number of rotatable bonds is 4. The second kappa shape index (κ2) is 7.53. The summed E-state index contributed by atoms with van der Waals surface area (Å²) in [6.45, 7) is 6.29. The fraction of sp³-hybridized carbons (Fsp3) is 0.368. The molecule has 0 saturated carbocycles. The van der Waals surface area contributed by atoms with Gasteiger partial charge in [0.05, 0.1) is 5.56 Å². The van der Waals surface area contributed by atoms with Gasteiger partial charge in [-0.15, -0.1) is 0 Å². The van der Waals surface area contributed by atoms with Crippen molar-refractivity contribution in [2.75, 3.05) is 38.1 Å². The molecule has 1 aliphatic heterocycles. The Morgan fingerprint density at radius 1 is 1.20 bits per heavy atom. The number of likely N-dealkylation sites (N-methyl/N-ethyl adjacent to an activating group) is 1. The Balaban J connectivity index is 1.57. The third-order valence-corrected chi connectivity index (χ3v) is 4.49. The minimum atomic E-state index is -0.291. The van der Waals surface area contributed by atoms with Crippen molar-refractivity contribution in [2.45, 2.75) is 13.5 Å². The smallest absolute Gasteiger partial charge is 0.255 e. The summed E-state index contributed by atoms with van der Waals surface area (Å²) < 4.78 is 0. The third-order valence-electron chi connectivity index (χ3n) is 4.49. The van der Waals surface area contributed by atoms with E-state index < -0.39 is 0 Å². The molecule has 1 saturated heterocycles. The van der Waals surface area contributed by atoms with Crippen LogP contribution in [-0.2, 0) is 6.54 Å². The molecule has 2 N–H and O–H groups in total. The van der Waals surface area contributed by atoms with Gasteiger partial charge in [-0.25, -0.2) is 4.98 Å². The number of carbonyl (C=O) groups is 1. The number of aromatic hydroxyl groups is 1. The van der Waals surface area contributed by atoms with Gasteiger partial charge in [0.25, 0.3) is 5.91 Å². The molecule has 1 aromatic heterocycles. The number of hydrogen-bond acceptors (Lipinski definition) is 5. The van der Waals surface area contributed by atoms with Crippen LogP contribution in [0.3, 0.4) is 0 Å². The molecular weight excluding hydrogens is 316 g/mol. The SMILES string of the molecule is Cc1ccc(C(=O)NCc2ccc(N3CCN(C)CC3)nc2)c(O)c1. The molecule has 0 radical (unpaired) electrons. The number of nitrogens with zero attached hydrogens (tertiary/aromatic N) is 3. The van der Waals surface area contributed by atoms with Gasteiger partial charge >= 0.3 is 0 Å². The van der Waals surface area contributed by atoms with Crippen LogP contribution in [0, 0.1) is 6.92 Å². The number of piperazine rings is 1. The average molecular weight is 340 g/mol. The predicted octanol–water partition coefficient (Wildman–Crippen LogP) is 1.78. The molecule has 0 unspecified atom stereocenters. The monoisotopic (exact) mass is 340 g/mol. The van der Waals surface area contributed by atoms with Crippen molar-refractivity contribution in [3.63, 3.8) is 0 Å². The van der Waals surface area contributed by atoms with Crippen LogP contribution < -0.4 is 10.2 Å². The summed E-state index contributed by atoms with van der Waals surface area (Å²) in [7, 11) is 2.13. The molecule has 0 aliphatic carbocycles. The summed E-state index contributed by atoms with van der Waals surface area (Å²) in [6.07, 6.45) is 1.79. The van der Waals surface area contributed by atoms with Crippen molar-refractivity contribution >= 4 is 11.7 Å². The molecule has 0 spiro atoms. The van der Waals surface area contributed by atoms with E-state index >= 15 is 0 Å². The topological polar surface area (TPSA) is 68.7 Å². The van der Waals surface area contributed by atoms with E-state index in [1.165, 1.54) is 0 Å². The maximum Gasteiger partial charge on any atom is 0.255 e. The molecule has 0 bridgehead atoms. The number of hydrogen-bond donors (Lipinski definition) is 2. The van der Waals surface area contributed by atoms with Crippen molar-refractivity contribution < 1.29 is 9.90 Å². The van der Waals surface area contributed by atoms with E-state index in [1.54, 1.807) is 24.4 Å². The summed E-state index contributed by atoms with van der Waals surface area (Å²) in [5.74, 6) is 0.682. The Morgan fingerprint density at radius 3 is 2.60 bits per heavy atom. The molecule has 1 aliphatic rings. The molecule has 6 nitrogen and oxygen atoms in total. The minimum absolute atomic E-state index is 0.000962. The first kappa shape index (κ1) is 17.2. The lowest BCUT2D eigenvalue weighted by atomic mass is 10.1. The lowest BCUT2D eigenvalue weighted by Crippen LogP contribution is -2.44. The molecule has 1 aromatic carbocycles. The predicted molar refractivity (Wildman–Crippen MR) is 98.0 cm³/mol. The lowest BCUT2D eigenvalue weighted by Gasteiger charge is -2.33. The maximum atomic E-state index is 12.2. The summed E-state index contributed by atoms with van der Waals surface area (Å²) in [5.41, 5.74) is 2.13. The number of aromatic nitrogens is 1. The summed E-state index contributed by atoms with van der Waals surface area (Å²) in [5, 5.41) is 12.7. The van der Waals surface area contributed by atoms with Crippen molar-refractivity contribution in [2.24, 2.45) is 0 Å². The van der Waals surface area contributed by atoms with Gasteiger partial charge in [-0.1, -0.05) is 12.1 Å². The largest absolute Gasteiger partial charge is 0.507 e. The van der Waals surface area contributed by atoms with Crippen LogP contribution in [0.25, 0.3) is 0 Å². The van der Waals surface area contributed by atoms with Gasteiger partial charge in [-0.05, 0) is 43.3 Å². The third kappa shape index (κ3) is 4.28. The maximum absolute atomic E-state index is 12.2. The molecule has 6 heteroatoms. The van der Waals surface area contributed by atoms with E-state index in [9.17, 15) is 9.90 Å². The lowest BCUT2D eigenvalue weighted by molar-refractivity contribution is 0.0948. The van der Waals surface area contributed by atoms with Gasteiger partial charge < -0.3 is 20.2 Å². The molecule has 25 heavy (non-hydrogen) atoms. The first-order valence-corrected chi connectivity index (χ1v) is 8.49. The van der Waals surface area contributed by atoms with Gasteiger partial charge in [0.2, 0.25) is 0 Å². The Bertz CT molecular complexity index is 738. The van der Waals surface area contributed by atoms with E-state index in [2.05, 4.69) is 27.1 Å². The number of amides is 1. The van der Waals surface area contributed by atoms with Crippen molar-refractivity contribution in [3.05, 3.63) is 53.2 Å². The van der Waals surface area contributed by atoms with E-state index in [-0.39, 0.29) is 17.2 Å². The van der Waals surface area contributed by atoms with E-state index in [0.29, 0.717) is 6.54 Å². The first-order chi connectivity index (χ1) is 12.0. The molecular formula is C19H24N4O2. The molecule has 2 heterocycles. The number of aryl methyl sites for hydroxylation is 1. The van der Waals surface area contributed by atoms with Crippen LogP contribution in [0.15, 0.2) is 36.5 Å². The number of benzene rings is 1. The number of anilines is 1. The molecule has 1 amide bonds. The van der Waals surface area contributed by atoms with Crippen LogP contribution in [0.5, 0.6) is 5.75 Å². The Labute approximate surface area is 148 Å². The fourth-order valence-corrected chi connectivity index (χ4v) is 2.86. The average Bonchev–Trinajstić information content (AvgIpc) is 2.61. The Morgan fingerprint density at radius 2 is 1.96 bits per heavy atom. The van der Waals surface area contributed by atoms with Crippen LogP contribution in [0.2, 0.25) is 0 Å². The highest BCUT2D eigenvalue weighted by molar-refractivity contribution is 5.96.